The van der Waals surface area contributed by atoms with Crippen molar-refractivity contribution in [3.05, 3.63) is 0 Å². The highest BCUT2D eigenvalue weighted by molar-refractivity contribution is 5.84. The molecule has 1 unspecified atom stereocenters. The van der Waals surface area contributed by atoms with Gasteiger partial charge in [-0.05, 0) is 6.92 Å². The van der Waals surface area contributed by atoms with Gasteiger partial charge >= 0.3 is 0 Å². The first-order valence-corrected chi connectivity index (χ1v) is 3.01. The van der Waals surface area contributed by atoms with Gasteiger partial charge in [0.25, 0.3) is 0 Å². The van der Waals surface area contributed by atoms with Crippen LogP contribution in [-0.2, 0) is 9.59 Å². The molecule has 0 aromatic carbocycles. The Morgan fingerprint density at radius 2 is 2.10 bits per heavy atom. The van der Waals surface area contributed by atoms with E-state index in [9.17, 15) is 9.59 Å². The van der Waals surface area contributed by atoms with Gasteiger partial charge in [0.05, 0.1) is 0 Å². The number of nitrogens with one attached hydrogen (secondary N) is 1. The van der Waals surface area contributed by atoms with E-state index in [1.165, 1.54) is 12.4 Å². The Bertz CT molecular complexity index is 144. The predicted molar refractivity (Wildman–Crippen MR) is 34.4 cm³/mol. The Labute approximate surface area is 59.2 Å². The lowest BCUT2D eigenvalue weighted by molar-refractivity contribution is -0.133. The largest absolute Gasteiger partial charge is 0.300 e. The Morgan fingerprint density at radius 3 is 2.40 bits per heavy atom. The molecule has 0 radical (unpaired) electrons. The summed E-state index contributed by atoms with van der Waals surface area (Å²) in [6, 6.07) is 0. The van der Waals surface area contributed by atoms with Crippen molar-refractivity contribution in [2.45, 2.75) is 20.3 Å². The van der Waals surface area contributed by atoms with Gasteiger partial charge in [-0.2, -0.15) is 0 Å². The third kappa shape index (κ3) is 3.19. The summed E-state index contributed by atoms with van der Waals surface area (Å²) in [6.45, 7) is 3.05. The molecule has 0 aromatic rings. The summed E-state index contributed by atoms with van der Waals surface area (Å²) in [5, 5.41) is 8.05. The quantitative estimate of drug-likeness (QED) is 0.437. The number of Topliss-reactive ketones (excluding diaryl/α,β-unsaturated/α-hetero) is 1. The van der Waals surface area contributed by atoms with E-state index < -0.39 is 5.91 Å². The van der Waals surface area contributed by atoms with Crippen molar-refractivity contribution in [2.75, 3.05) is 0 Å². The maximum atomic E-state index is 10.5. The van der Waals surface area contributed by atoms with Crippen molar-refractivity contribution >= 4 is 11.7 Å². The standard InChI is InChI=1S/C6H11NO3/c1-4(5(2)8)3-6(9)7-10/h4,10H,3H2,1-2H3,(H,7,9). The molecule has 4 nitrogen and oxygen atoms in total. The fraction of sp³-hybridized carbons (Fsp3) is 0.667. The van der Waals surface area contributed by atoms with E-state index >= 15 is 0 Å². The lowest BCUT2D eigenvalue weighted by Gasteiger charge is -2.03. The van der Waals surface area contributed by atoms with E-state index in [-0.39, 0.29) is 18.1 Å². The summed E-state index contributed by atoms with van der Waals surface area (Å²) in [4.78, 5) is 20.9. The van der Waals surface area contributed by atoms with Crippen LogP contribution in [0.15, 0.2) is 0 Å². The normalized spacial score (nSPS) is 12.3. The average molecular weight is 145 g/mol. The first-order valence-electron chi connectivity index (χ1n) is 3.01. The molecule has 0 rings (SSSR count). The molecule has 0 saturated carbocycles. The third-order valence-electron chi connectivity index (χ3n) is 1.31. The van der Waals surface area contributed by atoms with Gasteiger partial charge < -0.3 is 0 Å². The number of hydroxylamine groups is 1. The van der Waals surface area contributed by atoms with Crippen molar-refractivity contribution in [3.8, 4) is 0 Å². The summed E-state index contributed by atoms with van der Waals surface area (Å²) < 4.78 is 0. The van der Waals surface area contributed by atoms with Crippen LogP contribution in [0.2, 0.25) is 0 Å². The minimum atomic E-state index is -0.525. The average Bonchev–Trinajstić information content (AvgIpc) is 1.87. The number of rotatable bonds is 3. The number of carbonyl (C=O) groups is 2. The van der Waals surface area contributed by atoms with Gasteiger partial charge in [0.2, 0.25) is 5.91 Å². The van der Waals surface area contributed by atoms with Crippen LogP contribution in [0.5, 0.6) is 0 Å². The monoisotopic (exact) mass is 145 g/mol. The first kappa shape index (κ1) is 9.10. The molecule has 0 saturated heterocycles. The highest BCUT2D eigenvalue weighted by Crippen LogP contribution is 2.01. The second-order valence-corrected chi connectivity index (χ2v) is 2.25. The van der Waals surface area contributed by atoms with E-state index in [0.717, 1.165) is 0 Å². The number of amides is 1. The molecule has 0 aliphatic rings. The zero-order valence-electron chi connectivity index (χ0n) is 6.05. The molecule has 0 aromatic heterocycles. The summed E-state index contributed by atoms with van der Waals surface area (Å²) in [6.07, 6.45) is 0.0475. The molecule has 1 atom stereocenters. The van der Waals surface area contributed by atoms with Gasteiger partial charge in [0, 0.05) is 12.3 Å². The molecular formula is C6H11NO3. The Balaban J connectivity index is 3.68. The van der Waals surface area contributed by atoms with Crippen LogP contribution in [0.4, 0.5) is 0 Å². The van der Waals surface area contributed by atoms with Crippen molar-refractivity contribution in [1.82, 2.24) is 5.48 Å². The molecule has 0 aliphatic carbocycles. The van der Waals surface area contributed by atoms with Gasteiger partial charge in [0.1, 0.15) is 5.78 Å². The number of ketones is 1. The van der Waals surface area contributed by atoms with Crippen LogP contribution in [0, 0.1) is 5.92 Å². The third-order valence-corrected chi connectivity index (χ3v) is 1.31. The molecule has 1 amide bonds. The molecule has 0 spiro atoms. The first-order chi connectivity index (χ1) is 4.57. The molecule has 0 aliphatic heterocycles. The fourth-order valence-electron chi connectivity index (χ4n) is 0.467. The Hall–Kier alpha value is -0.900. The second-order valence-electron chi connectivity index (χ2n) is 2.25. The van der Waals surface area contributed by atoms with Gasteiger partial charge in [-0.15, -0.1) is 0 Å². The molecule has 58 valence electrons. The van der Waals surface area contributed by atoms with Crippen LogP contribution in [0.3, 0.4) is 0 Å². The van der Waals surface area contributed by atoms with Gasteiger partial charge in [0.15, 0.2) is 0 Å². The number of carbonyl (C=O) groups excluding carboxylic acids is 2. The van der Waals surface area contributed by atoms with E-state index in [2.05, 4.69) is 0 Å². The lowest BCUT2D eigenvalue weighted by atomic mass is 10.0. The maximum Gasteiger partial charge on any atom is 0.244 e. The Kier molecular flexibility index (Phi) is 3.64. The molecule has 0 fully saturated rings. The topological polar surface area (TPSA) is 66.4 Å². The predicted octanol–water partition coefficient (Wildman–Crippen LogP) is 0.107. The minimum Gasteiger partial charge on any atom is -0.300 e. The van der Waals surface area contributed by atoms with Crippen molar-refractivity contribution < 1.29 is 14.8 Å². The zero-order valence-corrected chi connectivity index (χ0v) is 6.05. The fourth-order valence-corrected chi connectivity index (χ4v) is 0.467. The highest BCUT2D eigenvalue weighted by atomic mass is 16.5. The van der Waals surface area contributed by atoms with Crippen molar-refractivity contribution in [2.24, 2.45) is 5.92 Å². The van der Waals surface area contributed by atoms with Crippen molar-refractivity contribution in [1.29, 1.82) is 0 Å². The molecule has 0 bridgehead atoms. The molecule has 4 heteroatoms. The number of hydrogen-bond acceptors (Lipinski definition) is 3. The maximum absolute atomic E-state index is 10.5. The summed E-state index contributed by atoms with van der Waals surface area (Å²) in [7, 11) is 0. The molecular weight excluding hydrogens is 134 g/mol. The van der Waals surface area contributed by atoms with Crippen LogP contribution in [0.1, 0.15) is 20.3 Å². The smallest absolute Gasteiger partial charge is 0.244 e. The van der Waals surface area contributed by atoms with Crippen molar-refractivity contribution in [3.63, 3.8) is 0 Å². The molecule has 10 heavy (non-hydrogen) atoms. The summed E-state index contributed by atoms with van der Waals surface area (Å²) >= 11 is 0. The Morgan fingerprint density at radius 1 is 1.60 bits per heavy atom. The lowest BCUT2D eigenvalue weighted by Crippen LogP contribution is -2.23. The highest BCUT2D eigenvalue weighted by Gasteiger charge is 2.11. The minimum absolute atomic E-state index is 0.0475. The van der Waals surface area contributed by atoms with Gasteiger partial charge in [-0.3, -0.25) is 14.8 Å². The molecule has 2 N–H and O–H groups in total. The van der Waals surface area contributed by atoms with Crippen LogP contribution in [0.25, 0.3) is 0 Å². The summed E-state index contributed by atoms with van der Waals surface area (Å²) in [5.41, 5.74) is 1.46. The zero-order chi connectivity index (χ0) is 8.15. The van der Waals surface area contributed by atoms with E-state index in [0.29, 0.717) is 0 Å². The molecule has 0 heterocycles. The van der Waals surface area contributed by atoms with E-state index in [1.807, 2.05) is 0 Å². The van der Waals surface area contributed by atoms with Gasteiger partial charge in [-0.25, -0.2) is 5.48 Å². The van der Waals surface area contributed by atoms with E-state index in [1.54, 1.807) is 6.92 Å². The van der Waals surface area contributed by atoms with Crippen LogP contribution < -0.4 is 5.48 Å². The number of hydrogen-bond donors (Lipinski definition) is 2. The summed E-state index contributed by atoms with van der Waals surface area (Å²) in [5.74, 6) is -0.890. The SMILES string of the molecule is CC(=O)C(C)CC(=O)NO. The van der Waals surface area contributed by atoms with E-state index in [4.69, 9.17) is 5.21 Å². The van der Waals surface area contributed by atoms with Gasteiger partial charge in [-0.1, -0.05) is 6.92 Å². The second kappa shape index (κ2) is 4.00. The van der Waals surface area contributed by atoms with Crippen LogP contribution in [-0.4, -0.2) is 16.9 Å². The van der Waals surface area contributed by atoms with Crippen LogP contribution >= 0.6 is 0 Å².